The minimum atomic E-state index is -0.360. The van der Waals surface area contributed by atoms with E-state index in [1.807, 2.05) is 0 Å². The summed E-state index contributed by atoms with van der Waals surface area (Å²) >= 11 is 0. The molecule has 1 atom stereocenters. The normalized spacial score (nSPS) is 12.1. The van der Waals surface area contributed by atoms with E-state index in [1.165, 1.54) is 0 Å². The zero-order chi connectivity index (χ0) is 18.2. The predicted octanol–water partition coefficient (Wildman–Crippen LogP) is 1.48. The highest BCUT2D eigenvalue weighted by Crippen LogP contribution is 2.13. The molecule has 0 saturated carbocycles. The van der Waals surface area contributed by atoms with Crippen molar-refractivity contribution in [2.45, 2.75) is 70.6 Å². The number of carbonyl (C=O) groups is 3. The maximum Gasteiger partial charge on any atom is 0.137 e. The van der Waals surface area contributed by atoms with Crippen molar-refractivity contribution in [3.63, 3.8) is 0 Å². The van der Waals surface area contributed by atoms with E-state index in [0.29, 0.717) is 45.2 Å². The highest BCUT2D eigenvalue weighted by Gasteiger charge is 2.19. The molecule has 1 unspecified atom stereocenters. The van der Waals surface area contributed by atoms with E-state index in [0.717, 1.165) is 32.1 Å². The van der Waals surface area contributed by atoms with Gasteiger partial charge in [0.2, 0.25) is 0 Å². The molecule has 0 saturated heterocycles. The fourth-order valence-electron chi connectivity index (χ4n) is 2.60. The van der Waals surface area contributed by atoms with Crippen LogP contribution in [-0.4, -0.2) is 37.0 Å². The Balaban J connectivity index is 3.88. The molecule has 0 aromatic carbocycles. The van der Waals surface area contributed by atoms with Crippen LogP contribution in [0.1, 0.15) is 70.6 Å². The zero-order valence-electron chi connectivity index (χ0n) is 14.9. The molecular formula is C18H35N3O3. The zero-order valence-corrected chi connectivity index (χ0v) is 14.9. The lowest BCUT2D eigenvalue weighted by Gasteiger charge is -2.12. The molecule has 0 aromatic rings. The molecule has 0 amide bonds. The Kier molecular flexibility index (Phi) is 14.7. The molecule has 0 heterocycles. The third-order valence-corrected chi connectivity index (χ3v) is 4.16. The first kappa shape index (κ1) is 22.9. The van der Waals surface area contributed by atoms with Gasteiger partial charge in [0.15, 0.2) is 0 Å². The maximum absolute atomic E-state index is 12.1. The van der Waals surface area contributed by atoms with Gasteiger partial charge in [0, 0.05) is 44.6 Å². The van der Waals surface area contributed by atoms with E-state index >= 15 is 0 Å². The number of rotatable bonds is 17. The summed E-state index contributed by atoms with van der Waals surface area (Å²) in [5.41, 5.74) is 16.4. The van der Waals surface area contributed by atoms with Crippen molar-refractivity contribution in [3.05, 3.63) is 0 Å². The van der Waals surface area contributed by atoms with Crippen LogP contribution in [0.25, 0.3) is 0 Å². The first-order valence-corrected chi connectivity index (χ1v) is 9.21. The molecule has 0 aliphatic rings. The summed E-state index contributed by atoms with van der Waals surface area (Å²) in [5.74, 6) is -0.00282. The van der Waals surface area contributed by atoms with Crippen LogP contribution < -0.4 is 17.2 Å². The summed E-state index contributed by atoms with van der Waals surface area (Å²) in [7, 11) is 0. The number of ketones is 3. The van der Waals surface area contributed by atoms with E-state index in [4.69, 9.17) is 17.2 Å². The maximum atomic E-state index is 12.1. The molecule has 0 aliphatic heterocycles. The Morgan fingerprint density at radius 3 is 1.75 bits per heavy atom. The molecule has 0 radical (unpaired) electrons. The lowest BCUT2D eigenvalue weighted by Crippen LogP contribution is -2.26. The Morgan fingerprint density at radius 2 is 1.17 bits per heavy atom. The number of carbonyl (C=O) groups excluding carboxylic acids is 3. The van der Waals surface area contributed by atoms with Crippen molar-refractivity contribution < 1.29 is 14.4 Å². The quantitative estimate of drug-likeness (QED) is 0.344. The van der Waals surface area contributed by atoms with Crippen LogP contribution in [0, 0.1) is 5.92 Å². The first-order valence-electron chi connectivity index (χ1n) is 9.21. The van der Waals surface area contributed by atoms with Crippen LogP contribution in [0.4, 0.5) is 0 Å². The SMILES string of the molecule is NCCCCCC(=O)C(CN)CC(=O)CCCCC(=O)CCCN. The second kappa shape index (κ2) is 15.4. The lowest BCUT2D eigenvalue weighted by atomic mass is 9.92. The van der Waals surface area contributed by atoms with E-state index < -0.39 is 0 Å². The van der Waals surface area contributed by atoms with Gasteiger partial charge in [0.1, 0.15) is 17.3 Å². The Bertz CT molecular complexity index is 373. The number of hydrogen-bond acceptors (Lipinski definition) is 6. The highest BCUT2D eigenvalue weighted by atomic mass is 16.1. The summed E-state index contributed by atoms with van der Waals surface area (Å²) in [4.78, 5) is 35.6. The molecule has 0 fully saturated rings. The number of Topliss-reactive ketones (excluding diaryl/α,β-unsaturated/α-hetero) is 3. The van der Waals surface area contributed by atoms with Crippen molar-refractivity contribution in [3.8, 4) is 0 Å². The largest absolute Gasteiger partial charge is 0.330 e. The van der Waals surface area contributed by atoms with Crippen molar-refractivity contribution in [2.75, 3.05) is 19.6 Å². The number of hydrogen-bond donors (Lipinski definition) is 3. The van der Waals surface area contributed by atoms with Gasteiger partial charge in [-0.15, -0.1) is 0 Å². The predicted molar refractivity (Wildman–Crippen MR) is 96.5 cm³/mol. The Labute approximate surface area is 145 Å². The van der Waals surface area contributed by atoms with Crippen molar-refractivity contribution in [2.24, 2.45) is 23.1 Å². The van der Waals surface area contributed by atoms with Crippen molar-refractivity contribution in [1.29, 1.82) is 0 Å². The lowest BCUT2D eigenvalue weighted by molar-refractivity contribution is -0.127. The minimum Gasteiger partial charge on any atom is -0.330 e. The average Bonchev–Trinajstić information content (AvgIpc) is 2.58. The van der Waals surface area contributed by atoms with Gasteiger partial charge in [-0.3, -0.25) is 14.4 Å². The second-order valence-electron chi connectivity index (χ2n) is 6.38. The monoisotopic (exact) mass is 341 g/mol. The Morgan fingerprint density at radius 1 is 0.625 bits per heavy atom. The summed E-state index contributed by atoms with van der Waals surface area (Å²) in [5, 5.41) is 0. The van der Waals surface area contributed by atoms with Gasteiger partial charge in [-0.1, -0.05) is 6.42 Å². The van der Waals surface area contributed by atoms with Crippen LogP contribution in [0.2, 0.25) is 0 Å². The third-order valence-electron chi connectivity index (χ3n) is 4.16. The van der Waals surface area contributed by atoms with E-state index in [2.05, 4.69) is 0 Å². The Hall–Kier alpha value is -1.11. The summed E-state index contributed by atoms with van der Waals surface area (Å²) in [6.45, 7) is 1.39. The molecule has 0 aromatic heterocycles. The van der Waals surface area contributed by atoms with Gasteiger partial charge in [-0.2, -0.15) is 0 Å². The van der Waals surface area contributed by atoms with E-state index in [1.54, 1.807) is 0 Å². The number of unbranched alkanes of at least 4 members (excludes halogenated alkanes) is 3. The molecule has 0 rings (SSSR count). The average molecular weight is 341 g/mol. The van der Waals surface area contributed by atoms with Crippen LogP contribution in [-0.2, 0) is 14.4 Å². The van der Waals surface area contributed by atoms with E-state index in [9.17, 15) is 14.4 Å². The van der Waals surface area contributed by atoms with Crippen molar-refractivity contribution >= 4 is 17.3 Å². The number of nitrogens with two attached hydrogens (primary N) is 3. The first-order chi connectivity index (χ1) is 11.5. The van der Waals surface area contributed by atoms with E-state index in [-0.39, 0.29) is 36.2 Å². The fraction of sp³-hybridized carbons (Fsp3) is 0.833. The molecule has 0 spiro atoms. The standard InChI is InChI=1S/C18H35N3O3/c19-11-5-1-2-10-18(24)15(14-21)13-17(23)8-4-3-7-16(22)9-6-12-20/h15H,1-14,19-21H2. The molecule has 0 bridgehead atoms. The third kappa shape index (κ3) is 12.3. The second-order valence-corrected chi connectivity index (χ2v) is 6.38. The van der Waals surface area contributed by atoms with Gasteiger partial charge in [0.25, 0.3) is 0 Å². The van der Waals surface area contributed by atoms with Crippen molar-refractivity contribution in [1.82, 2.24) is 0 Å². The fourth-order valence-corrected chi connectivity index (χ4v) is 2.60. The summed E-state index contributed by atoms with van der Waals surface area (Å²) in [6.07, 6.45) is 6.96. The van der Waals surface area contributed by atoms with Crippen LogP contribution in [0.3, 0.4) is 0 Å². The van der Waals surface area contributed by atoms with Crippen LogP contribution >= 0.6 is 0 Å². The van der Waals surface area contributed by atoms with Gasteiger partial charge >= 0.3 is 0 Å². The molecule has 6 nitrogen and oxygen atoms in total. The van der Waals surface area contributed by atoms with Crippen LogP contribution in [0.15, 0.2) is 0 Å². The molecule has 0 aliphatic carbocycles. The molecule has 24 heavy (non-hydrogen) atoms. The van der Waals surface area contributed by atoms with Crippen LogP contribution in [0.5, 0.6) is 0 Å². The molecule has 140 valence electrons. The minimum absolute atomic E-state index is 0.0650. The van der Waals surface area contributed by atoms with Gasteiger partial charge < -0.3 is 17.2 Å². The smallest absolute Gasteiger partial charge is 0.137 e. The highest BCUT2D eigenvalue weighted by molar-refractivity contribution is 5.88. The molecule has 6 N–H and O–H groups in total. The van der Waals surface area contributed by atoms with Gasteiger partial charge in [-0.25, -0.2) is 0 Å². The molecule has 6 heteroatoms. The topological polar surface area (TPSA) is 129 Å². The summed E-state index contributed by atoms with van der Waals surface area (Å²) < 4.78 is 0. The molecular weight excluding hydrogens is 306 g/mol. The summed E-state index contributed by atoms with van der Waals surface area (Å²) in [6, 6.07) is 0. The van der Waals surface area contributed by atoms with Gasteiger partial charge in [0.05, 0.1) is 0 Å². The van der Waals surface area contributed by atoms with Gasteiger partial charge in [-0.05, 0) is 45.2 Å².